The summed E-state index contributed by atoms with van der Waals surface area (Å²) in [7, 11) is 0. The fourth-order valence-electron chi connectivity index (χ4n) is 2.29. The third kappa shape index (κ3) is 2.69. The maximum absolute atomic E-state index is 10.8. The Kier molecular flexibility index (Phi) is 4.40. The molecule has 1 fully saturated rings. The lowest BCUT2D eigenvalue weighted by Gasteiger charge is -2.46. The Hall–Kier alpha value is -1.78. The van der Waals surface area contributed by atoms with Crippen LogP contribution in [0.2, 0.25) is 0 Å². The van der Waals surface area contributed by atoms with Gasteiger partial charge < -0.3 is 25.2 Å². The number of hydrogen-bond acceptors (Lipinski definition) is 8. The van der Waals surface area contributed by atoms with Crippen LogP contribution in [0.1, 0.15) is 5.56 Å². The third-order valence-corrected chi connectivity index (χ3v) is 3.34. The normalized spacial score (nSPS) is 36.2. The molecule has 5 atom stereocenters. The second kappa shape index (κ2) is 5.92. The summed E-state index contributed by atoms with van der Waals surface area (Å²) in [6, 6.07) is 7.48. The maximum atomic E-state index is 10.8. The zero-order valence-electron chi connectivity index (χ0n) is 10.8. The first-order chi connectivity index (χ1) is 9.92. The SMILES string of the molecule is O=[N+]([O-])O[C@@]1(c2ccccc2)O[C@H](CO)[C@H](O)[C@H](O)[C@H]1O. The summed E-state index contributed by atoms with van der Waals surface area (Å²) in [6.07, 6.45) is -6.69. The molecule has 1 aromatic rings. The molecule has 0 aromatic heterocycles. The topological polar surface area (TPSA) is 143 Å². The van der Waals surface area contributed by atoms with Gasteiger partial charge in [-0.1, -0.05) is 30.3 Å². The maximum Gasteiger partial charge on any atom is 0.297 e. The second-order valence-electron chi connectivity index (χ2n) is 4.61. The van der Waals surface area contributed by atoms with E-state index in [1.54, 1.807) is 6.07 Å². The predicted octanol–water partition coefficient (Wildman–Crippen LogP) is -1.48. The summed E-state index contributed by atoms with van der Waals surface area (Å²) in [5.74, 6) is -2.34. The molecule has 1 aliphatic heterocycles. The van der Waals surface area contributed by atoms with Crippen molar-refractivity contribution in [3.8, 4) is 0 Å². The van der Waals surface area contributed by atoms with E-state index in [9.17, 15) is 30.5 Å². The van der Waals surface area contributed by atoms with Gasteiger partial charge in [-0.05, 0) is 0 Å². The highest BCUT2D eigenvalue weighted by molar-refractivity contribution is 5.23. The van der Waals surface area contributed by atoms with Crippen LogP contribution in [0, 0.1) is 10.1 Å². The minimum Gasteiger partial charge on any atom is -0.394 e. The number of hydrogen-bond donors (Lipinski definition) is 4. The zero-order valence-corrected chi connectivity index (χ0v) is 10.8. The van der Waals surface area contributed by atoms with Gasteiger partial charge in [0.25, 0.3) is 10.9 Å². The lowest BCUT2D eigenvalue weighted by atomic mass is 9.88. The molecule has 1 saturated heterocycles. The summed E-state index contributed by atoms with van der Waals surface area (Å²) >= 11 is 0. The second-order valence-corrected chi connectivity index (χ2v) is 4.61. The van der Waals surface area contributed by atoms with Crippen LogP contribution in [0.5, 0.6) is 0 Å². The Balaban J connectivity index is 2.50. The van der Waals surface area contributed by atoms with E-state index in [-0.39, 0.29) is 5.56 Å². The molecule has 9 heteroatoms. The minimum atomic E-state index is -2.34. The third-order valence-electron chi connectivity index (χ3n) is 3.34. The molecule has 0 aliphatic carbocycles. The molecule has 0 amide bonds. The highest BCUT2D eigenvalue weighted by atomic mass is 17.0. The van der Waals surface area contributed by atoms with Crippen molar-refractivity contribution < 1.29 is 35.1 Å². The van der Waals surface area contributed by atoms with Crippen LogP contribution >= 0.6 is 0 Å². The average Bonchev–Trinajstić information content (AvgIpc) is 2.48. The largest absolute Gasteiger partial charge is 0.394 e. The molecule has 0 bridgehead atoms. The molecule has 2 rings (SSSR count). The van der Waals surface area contributed by atoms with Crippen molar-refractivity contribution in [3.63, 3.8) is 0 Å². The summed E-state index contributed by atoms with van der Waals surface area (Å²) in [4.78, 5) is 15.3. The zero-order chi connectivity index (χ0) is 15.6. The van der Waals surface area contributed by atoms with E-state index in [2.05, 4.69) is 4.84 Å². The van der Waals surface area contributed by atoms with Gasteiger partial charge in [0.05, 0.1) is 6.61 Å². The van der Waals surface area contributed by atoms with Crippen LogP contribution in [-0.4, -0.2) is 56.5 Å². The van der Waals surface area contributed by atoms with E-state index in [0.717, 1.165) is 0 Å². The summed E-state index contributed by atoms with van der Waals surface area (Å²) in [5, 5.41) is 48.5. The van der Waals surface area contributed by atoms with Gasteiger partial charge in [0.2, 0.25) is 0 Å². The van der Waals surface area contributed by atoms with Crippen molar-refractivity contribution >= 4 is 0 Å². The number of benzene rings is 1. The molecule has 1 aromatic carbocycles. The summed E-state index contributed by atoms with van der Waals surface area (Å²) in [6.45, 7) is -0.722. The van der Waals surface area contributed by atoms with E-state index in [4.69, 9.17) is 4.74 Å². The monoisotopic (exact) mass is 301 g/mol. The number of ether oxygens (including phenoxy) is 1. The van der Waals surface area contributed by atoms with Crippen LogP contribution in [-0.2, 0) is 15.4 Å². The fraction of sp³-hybridized carbons (Fsp3) is 0.500. The standard InChI is InChI=1S/C12H15NO8/c14-6-8-9(15)10(16)11(17)12(20-8,21-13(18)19)7-4-2-1-3-5-7/h1-5,8-11,14-17H,6H2/t8-,9+,10+,11-,12-/m1/s1. The van der Waals surface area contributed by atoms with E-state index in [1.165, 1.54) is 24.3 Å². The smallest absolute Gasteiger partial charge is 0.297 e. The molecular weight excluding hydrogens is 286 g/mol. The van der Waals surface area contributed by atoms with Crippen molar-refractivity contribution in [1.82, 2.24) is 0 Å². The Bertz CT molecular complexity index is 495. The fourth-order valence-corrected chi connectivity index (χ4v) is 2.29. The van der Waals surface area contributed by atoms with Gasteiger partial charge in [-0.3, -0.25) is 4.84 Å². The van der Waals surface area contributed by atoms with Crippen molar-refractivity contribution in [2.24, 2.45) is 0 Å². The van der Waals surface area contributed by atoms with Gasteiger partial charge in [-0.2, -0.15) is 0 Å². The van der Waals surface area contributed by atoms with Crippen molar-refractivity contribution in [1.29, 1.82) is 0 Å². The van der Waals surface area contributed by atoms with Crippen LogP contribution in [0.25, 0.3) is 0 Å². The number of nitrogens with zero attached hydrogens (tertiary/aromatic N) is 1. The molecule has 1 heterocycles. The molecule has 4 N–H and O–H groups in total. The molecule has 0 unspecified atom stereocenters. The van der Waals surface area contributed by atoms with Gasteiger partial charge in [0, 0.05) is 5.56 Å². The van der Waals surface area contributed by atoms with Crippen LogP contribution in [0.3, 0.4) is 0 Å². The molecule has 1 aliphatic rings. The lowest BCUT2D eigenvalue weighted by molar-refractivity contribution is -0.808. The van der Waals surface area contributed by atoms with Gasteiger partial charge in [0.1, 0.15) is 24.4 Å². The van der Waals surface area contributed by atoms with Gasteiger partial charge in [-0.15, -0.1) is 10.1 Å². The predicted molar refractivity (Wildman–Crippen MR) is 66.2 cm³/mol. The van der Waals surface area contributed by atoms with Gasteiger partial charge >= 0.3 is 0 Å². The first kappa shape index (κ1) is 15.6. The first-order valence-electron chi connectivity index (χ1n) is 6.14. The molecule has 21 heavy (non-hydrogen) atoms. The Morgan fingerprint density at radius 1 is 1.24 bits per heavy atom. The molecule has 116 valence electrons. The highest BCUT2D eigenvalue weighted by Gasteiger charge is 2.57. The van der Waals surface area contributed by atoms with E-state index in [1.807, 2.05) is 0 Å². The summed E-state index contributed by atoms with van der Waals surface area (Å²) < 4.78 is 5.24. The molecule has 0 spiro atoms. The minimum absolute atomic E-state index is 0.0681. The molecular formula is C12H15NO8. The van der Waals surface area contributed by atoms with E-state index in [0.29, 0.717) is 0 Å². The van der Waals surface area contributed by atoms with Crippen molar-refractivity contribution in [2.45, 2.75) is 30.2 Å². The number of aliphatic hydroxyl groups is 4. The van der Waals surface area contributed by atoms with E-state index < -0.39 is 41.9 Å². The summed E-state index contributed by atoms with van der Waals surface area (Å²) in [5.41, 5.74) is 0.0681. The Morgan fingerprint density at radius 2 is 1.86 bits per heavy atom. The van der Waals surface area contributed by atoms with Crippen LogP contribution < -0.4 is 0 Å². The van der Waals surface area contributed by atoms with Gasteiger partial charge in [-0.25, -0.2) is 0 Å². The number of aliphatic hydroxyl groups excluding tert-OH is 4. The lowest BCUT2D eigenvalue weighted by Crippen LogP contribution is -2.64. The Morgan fingerprint density at radius 3 is 2.38 bits per heavy atom. The van der Waals surface area contributed by atoms with E-state index >= 15 is 0 Å². The van der Waals surface area contributed by atoms with Gasteiger partial charge in [0.15, 0.2) is 0 Å². The van der Waals surface area contributed by atoms with Crippen molar-refractivity contribution in [3.05, 3.63) is 46.0 Å². The molecule has 0 saturated carbocycles. The molecule has 9 nitrogen and oxygen atoms in total. The van der Waals surface area contributed by atoms with Crippen LogP contribution in [0.4, 0.5) is 0 Å². The quantitative estimate of drug-likeness (QED) is 0.389. The number of rotatable bonds is 4. The van der Waals surface area contributed by atoms with Crippen molar-refractivity contribution in [2.75, 3.05) is 6.61 Å². The Labute approximate surface area is 119 Å². The highest BCUT2D eigenvalue weighted by Crippen LogP contribution is 2.39. The van der Waals surface area contributed by atoms with Crippen LogP contribution in [0.15, 0.2) is 30.3 Å². The molecule has 0 radical (unpaired) electrons. The first-order valence-corrected chi connectivity index (χ1v) is 6.14. The average molecular weight is 301 g/mol.